The van der Waals surface area contributed by atoms with Gasteiger partial charge in [0.25, 0.3) is 0 Å². The zero-order chi connectivity index (χ0) is 13.1. The van der Waals surface area contributed by atoms with Crippen molar-refractivity contribution in [3.05, 3.63) is 0 Å². The molecule has 0 aliphatic rings. The molecule has 0 rings (SSSR count). The van der Waals surface area contributed by atoms with Crippen molar-refractivity contribution in [2.75, 3.05) is 0 Å². The van der Waals surface area contributed by atoms with Crippen molar-refractivity contribution in [1.82, 2.24) is 0 Å². The highest BCUT2D eigenvalue weighted by Crippen LogP contribution is 2.17. The third-order valence-electron chi connectivity index (χ3n) is 2.12. The molecule has 0 spiro atoms. The minimum atomic E-state index is -2.44. The third kappa shape index (κ3) is 3.26. The molecule has 8 nitrogen and oxygen atoms in total. The second kappa shape index (κ2) is 5.01. The second-order valence-corrected chi connectivity index (χ2v) is 3.58. The van der Waals surface area contributed by atoms with Gasteiger partial charge in [0.15, 0.2) is 11.4 Å². The minimum Gasteiger partial charge on any atom is -0.481 e. The number of nitrogens with two attached hydrogens (primary N) is 3. The van der Waals surface area contributed by atoms with Gasteiger partial charge in [0.2, 0.25) is 0 Å². The molecule has 0 amide bonds. The maximum absolute atomic E-state index is 11.5. The average molecular weight is 233 g/mol. The van der Waals surface area contributed by atoms with Gasteiger partial charge >= 0.3 is 11.9 Å². The summed E-state index contributed by atoms with van der Waals surface area (Å²) in [5.74, 6) is -5.40. The Morgan fingerprint density at radius 3 is 1.94 bits per heavy atom. The highest BCUT2D eigenvalue weighted by molar-refractivity contribution is 5.95. The summed E-state index contributed by atoms with van der Waals surface area (Å²) in [6.45, 7) is 1.30. The second-order valence-electron chi connectivity index (χ2n) is 3.58. The standard InChI is InChI=1S/C8H15N3O5/c1-3(9)6(14)4(2-5(12)13)8(10,11)7(15)16/h3-4H,2,9-11H2,1H3,(H,12,13)(H,15,16). The Morgan fingerprint density at radius 1 is 1.25 bits per heavy atom. The summed E-state index contributed by atoms with van der Waals surface area (Å²) < 4.78 is 0. The van der Waals surface area contributed by atoms with Gasteiger partial charge in [-0.2, -0.15) is 0 Å². The number of Topliss-reactive ketones (excluding diaryl/α,β-unsaturated/α-hetero) is 1. The molecular formula is C8H15N3O5. The zero-order valence-electron chi connectivity index (χ0n) is 8.71. The van der Waals surface area contributed by atoms with Crippen molar-refractivity contribution in [3.8, 4) is 0 Å². The number of ketones is 1. The summed E-state index contributed by atoms with van der Waals surface area (Å²) in [5.41, 5.74) is 13.3. The van der Waals surface area contributed by atoms with Crippen LogP contribution in [0.5, 0.6) is 0 Å². The lowest BCUT2D eigenvalue weighted by Gasteiger charge is -2.28. The Hall–Kier alpha value is -1.51. The van der Waals surface area contributed by atoms with Crippen LogP contribution in [0.1, 0.15) is 13.3 Å². The molecule has 0 aromatic heterocycles. The van der Waals surface area contributed by atoms with E-state index in [1.807, 2.05) is 0 Å². The maximum Gasteiger partial charge on any atom is 0.339 e. The first-order valence-electron chi connectivity index (χ1n) is 4.43. The highest BCUT2D eigenvalue weighted by atomic mass is 16.4. The van der Waals surface area contributed by atoms with E-state index in [9.17, 15) is 14.4 Å². The topological polar surface area (TPSA) is 170 Å². The molecule has 0 aromatic carbocycles. The smallest absolute Gasteiger partial charge is 0.339 e. The van der Waals surface area contributed by atoms with E-state index in [4.69, 9.17) is 27.4 Å². The molecule has 2 atom stereocenters. The molecule has 0 aromatic rings. The normalized spacial score (nSPS) is 15.2. The fourth-order valence-electron chi connectivity index (χ4n) is 1.15. The number of carbonyl (C=O) groups is 3. The Labute approximate surface area is 91.4 Å². The van der Waals surface area contributed by atoms with Crippen LogP contribution in [0.15, 0.2) is 0 Å². The van der Waals surface area contributed by atoms with E-state index in [0.717, 1.165) is 0 Å². The number of hydrogen-bond acceptors (Lipinski definition) is 6. The summed E-state index contributed by atoms with van der Waals surface area (Å²) in [5, 5.41) is 17.3. The Kier molecular flexibility index (Phi) is 4.54. The molecule has 16 heavy (non-hydrogen) atoms. The first kappa shape index (κ1) is 14.5. The number of aliphatic carboxylic acids is 2. The highest BCUT2D eigenvalue weighted by Gasteiger charge is 2.44. The van der Waals surface area contributed by atoms with Crippen molar-refractivity contribution in [3.63, 3.8) is 0 Å². The Balaban J connectivity index is 5.16. The van der Waals surface area contributed by atoms with Crippen molar-refractivity contribution in [1.29, 1.82) is 0 Å². The number of carboxylic acids is 2. The van der Waals surface area contributed by atoms with Gasteiger partial charge in [-0.3, -0.25) is 9.59 Å². The van der Waals surface area contributed by atoms with Crippen LogP contribution >= 0.6 is 0 Å². The predicted molar refractivity (Wildman–Crippen MR) is 53.1 cm³/mol. The molecule has 0 saturated carbocycles. The molecule has 8 N–H and O–H groups in total. The lowest BCUT2D eigenvalue weighted by Crippen LogP contribution is -2.65. The minimum absolute atomic E-state index is 0.778. The van der Waals surface area contributed by atoms with Crippen molar-refractivity contribution >= 4 is 17.7 Å². The molecule has 8 heteroatoms. The number of carboxylic acid groups (broad SMARTS) is 2. The van der Waals surface area contributed by atoms with E-state index in [1.54, 1.807) is 0 Å². The SMILES string of the molecule is CC(N)C(=O)C(CC(=O)O)C(N)(N)C(=O)O. The van der Waals surface area contributed by atoms with E-state index in [2.05, 4.69) is 0 Å². The van der Waals surface area contributed by atoms with Crippen LogP contribution in [0.3, 0.4) is 0 Å². The molecule has 0 radical (unpaired) electrons. The van der Waals surface area contributed by atoms with E-state index >= 15 is 0 Å². The molecule has 0 heterocycles. The molecular weight excluding hydrogens is 218 g/mol. The molecule has 2 unspecified atom stereocenters. The van der Waals surface area contributed by atoms with Crippen LogP contribution in [0, 0.1) is 5.92 Å². The van der Waals surface area contributed by atoms with Gasteiger partial charge in [-0.1, -0.05) is 0 Å². The largest absolute Gasteiger partial charge is 0.481 e. The number of hydrogen-bond donors (Lipinski definition) is 5. The molecule has 92 valence electrons. The number of carbonyl (C=O) groups excluding carboxylic acids is 1. The van der Waals surface area contributed by atoms with E-state index in [-0.39, 0.29) is 0 Å². The van der Waals surface area contributed by atoms with Gasteiger partial charge in [-0.15, -0.1) is 0 Å². The summed E-state index contributed by atoms with van der Waals surface area (Å²) in [4.78, 5) is 32.8. The van der Waals surface area contributed by atoms with Crippen molar-refractivity contribution in [2.24, 2.45) is 23.1 Å². The van der Waals surface area contributed by atoms with E-state index in [0.29, 0.717) is 0 Å². The summed E-state index contributed by atoms with van der Waals surface area (Å²) in [6, 6.07) is -1.03. The molecule has 0 fully saturated rings. The van der Waals surface area contributed by atoms with Gasteiger partial charge in [0, 0.05) is 0 Å². The molecule has 0 aliphatic carbocycles. The Bertz CT molecular complexity index is 313. The third-order valence-corrected chi connectivity index (χ3v) is 2.12. The van der Waals surface area contributed by atoms with Crippen molar-refractivity contribution < 1.29 is 24.6 Å². The fraction of sp³-hybridized carbons (Fsp3) is 0.625. The van der Waals surface area contributed by atoms with Crippen molar-refractivity contribution in [2.45, 2.75) is 25.0 Å². The maximum atomic E-state index is 11.5. The van der Waals surface area contributed by atoms with Crippen LogP contribution in [0.2, 0.25) is 0 Å². The van der Waals surface area contributed by atoms with Gasteiger partial charge in [0.1, 0.15) is 0 Å². The molecule has 0 saturated heterocycles. The molecule has 0 bridgehead atoms. The van der Waals surface area contributed by atoms with Gasteiger partial charge < -0.3 is 27.4 Å². The lowest BCUT2D eigenvalue weighted by atomic mass is 9.84. The summed E-state index contributed by atoms with van der Waals surface area (Å²) in [6.07, 6.45) is -0.778. The predicted octanol–water partition coefficient (Wildman–Crippen LogP) is -2.31. The molecule has 0 aliphatic heterocycles. The first-order chi connectivity index (χ1) is 7.10. The van der Waals surface area contributed by atoms with E-state index in [1.165, 1.54) is 6.92 Å². The number of rotatable bonds is 6. The summed E-state index contributed by atoms with van der Waals surface area (Å²) in [7, 11) is 0. The quantitative estimate of drug-likeness (QED) is 0.318. The average Bonchev–Trinajstić information content (AvgIpc) is 2.12. The van der Waals surface area contributed by atoms with Crippen LogP contribution in [-0.4, -0.2) is 39.6 Å². The van der Waals surface area contributed by atoms with Crippen LogP contribution in [-0.2, 0) is 14.4 Å². The van der Waals surface area contributed by atoms with Crippen LogP contribution in [0.4, 0.5) is 0 Å². The Morgan fingerprint density at radius 2 is 1.69 bits per heavy atom. The first-order valence-corrected chi connectivity index (χ1v) is 4.43. The monoisotopic (exact) mass is 233 g/mol. The van der Waals surface area contributed by atoms with Gasteiger partial charge in [0.05, 0.1) is 18.4 Å². The lowest BCUT2D eigenvalue weighted by molar-refractivity contribution is -0.151. The summed E-state index contributed by atoms with van der Waals surface area (Å²) >= 11 is 0. The van der Waals surface area contributed by atoms with Gasteiger partial charge in [-0.25, -0.2) is 4.79 Å². The van der Waals surface area contributed by atoms with Gasteiger partial charge in [-0.05, 0) is 6.92 Å². The zero-order valence-corrected chi connectivity index (χ0v) is 8.71. The van der Waals surface area contributed by atoms with E-state index < -0.39 is 41.8 Å². The van der Waals surface area contributed by atoms with Crippen LogP contribution < -0.4 is 17.2 Å². The van der Waals surface area contributed by atoms with Crippen LogP contribution in [0.25, 0.3) is 0 Å². The fourth-order valence-corrected chi connectivity index (χ4v) is 1.15.